The Morgan fingerprint density at radius 1 is 1.18 bits per heavy atom. The highest BCUT2D eigenvalue weighted by atomic mass is 16.5. The van der Waals surface area contributed by atoms with Gasteiger partial charge in [0.15, 0.2) is 0 Å². The molecule has 2 saturated heterocycles. The van der Waals surface area contributed by atoms with Crippen LogP contribution < -0.4 is 10.1 Å². The smallest absolute Gasteiger partial charge is 0.322 e. The number of amides is 3. The molecule has 0 radical (unpaired) electrons. The zero-order valence-electron chi connectivity index (χ0n) is 18.5. The summed E-state index contributed by atoms with van der Waals surface area (Å²) >= 11 is 0. The van der Waals surface area contributed by atoms with Gasteiger partial charge in [-0.2, -0.15) is 0 Å². The van der Waals surface area contributed by atoms with Crippen LogP contribution in [-0.2, 0) is 4.79 Å². The summed E-state index contributed by atoms with van der Waals surface area (Å²) in [7, 11) is 1.55. The number of anilines is 1. The molecule has 7 nitrogen and oxygen atoms in total. The van der Waals surface area contributed by atoms with E-state index in [1.165, 1.54) is 17.7 Å². The molecule has 2 aromatic carbocycles. The van der Waals surface area contributed by atoms with E-state index in [9.17, 15) is 14.7 Å². The van der Waals surface area contributed by atoms with Gasteiger partial charge in [-0.15, -0.1) is 0 Å². The number of hydrogen-bond donors (Lipinski definition) is 2. The van der Waals surface area contributed by atoms with E-state index in [0.717, 1.165) is 11.1 Å². The number of piperazine rings is 1. The third-order valence-electron chi connectivity index (χ3n) is 6.68. The number of nitrogens with zero attached hydrogens (tertiary/aromatic N) is 2. The van der Waals surface area contributed by atoms with Gasteiger partial charge < -0.3 is 25.0 Å². The van der Waals surface area contributed by atoms with Crippen LogP contribution in [0.15, 0.2) is 48.5 Å². The Morgan fingerprint density at radius 2 is 1.94 bits per heavy atom. The van der Waals surface area contributed by atoms with Crippen molar-refractivity contribution >= 4 is 17.6 Å². The average molecular weight is 446 g/mol. The van der Waals surface area contributed by atoms with Crippen LogP contribution in [0.3, 0.4) is 0 Å². The molecule has 5 rings (SSSR count). The number of ether oxygens (including phenoxy) is 1. The van der Waals surface area contributed by atoms with Crippen molar-refractivity contribution in [2.75, 3.05) is 32.1 Å². The predicted molar refractivity (Wildman–Crippen MR) is 124 cm³/mol. The van der Waals surface area contributed by atoms with Crippen molar-refractivity contribution < 1.29 is 19.4 Å². The van der Waals surface area contributed by atoms with E-state index in [1.54, 1.807) is 24.1 Å². The first-order chi connectivity index (χ1) is 16.1. The molecule has 1 aliphatic carbocycles. The summed E-state index contributed by atoms with van der Waals surface area (Å²) < 4.78 is 5.31. The third-order valence-corrected chi connectivity index (χ3v) is 6.68. The Bertz CT molecular complexity index is 1120. The van der Waals surface area contributed by atoms with Crippen LogP contribution in [0.5, 0.6) is 5.75 Å². The molecule has 1 saturated carbocycles. The first kappa shape index (κ1) is 21.4. The van der Waals surface area contributed by atoms with E-state index in [0.29, 0.717) is 23.9 Å². The average Bonchev–Trinajstić information content (AvgIpc) is 3.64. The maximum absolute atomic E-state index is 13.0. The molecule has 2 aliphatic heterocycles. The van der Waals surface area contributed by atoms with Crippen molar-refractivity contribution in [2.24, 2.45) is 5.92 Å². The van der Waals surface area contributed by atoms with Crippen LogP contribution in [0.2, 0.25) is 0 Å². The van der Waals surface area contributed by atoms with Crippen LogP contribution in [0.25, 0.3) is 0 Å². The Labute approximate surface area is 193 Å². The van der Waals surface area contributed by atoms with Crippen LogP contribution in [0.4, 0.5) is 10.5 Å². The lowest BCUT2D eigenvalue weighted by atomic mass is 9.73. The van der Waals surface area contributed by atoms with Crippen LogP contribution in [-0.4, -0.2) is 65.7 Å². The van der Waals surface area contributed by atoms with Crippen molar-refractivity contribution in [1.82, 2.24) is 9.80 Å². The van der Waals surface area contributed by atoms with E-state index >= 15 is 0 Å². The monoisotopic (exact) mass is 445 g/mol. The lowest BCUT2D eigenvalue weighted by molar-refractivity contribution is -0.159. The van der Waals surface area contributed by atoms with Crippen molar-refractivity contribution in [2.45, 2.75) is 30.8 Å². The molecule has 3 atom stereocenters. The first-order valence-electron chi connectivity index (χ1n) is 11.3. The lowest BCUT2D eigenvalue weighted by Crippen LogP contribution is -2.73. The fourth-order valence-electron chi connectivity index (χ4n) is 4.80. The van der Waals surface area contributed by atoms with Crippen molar-refractivity contribution in [1.29, 1.82) is 0 Å². The van der Waals surface area contributed by atoms with Gasteiger partial charge in [-0.05, 0) is 42.7 Å². The molecule has 3 fully saturated rings. The van der Waals surface area contributed by atoms with Gasteiger partial charge in [-0.1, -0.05) is 36.1 Å². The van der Waals surface area contributed by atoms with Crippen LogP contribution >= 0.6 is 0 Å². The zero-order chi connectivity index (χ0) is 22.9. The van der Waals surface area contributed by atoms with Gasteiger partial charge in [0.1, 0.15) is 12.3 Å². The summed E-state index contributed by atoms with van der Waals surface area (Å²) in [5, 5.41) is 12.8. The molecule has 0 aromatic heterocycles. The number of benzene rings is 2. The molecule has 170 valence electrons. The van der Waals surface area contributed by atoms with Gasteiger partial charge >= 0.3 is 6.03 Å². The Morgan fingerprint density at radius 3 is 2.64 bits per heavy atom. The summed E-state index contributed by atoms with van der Waals surface area (Å²) in [4.78, 5) is 29.1. The molecule has 7 heteroatoms. The number of para-hydroxylation sites is 2. The molecule has 2 N–H and O–H groups in total. The zero-order valence-corrected chi connectivity index (χ0v) is 18.5. The summed E-state index contributed by atoms with van der Waals surface area (Å²) in [6.45, 7) is 0.275. The van der Waals surface area contributed by atoms with Gasteiger partial charge in [0, 0.05) is 23.9 Å². The summed E-state index contributed by atoms with van der Waals surface area (Å²) in [6, 6.07) is 14.4. The highest BCUT2D eigenvalue weighted by Crippen LogP contribution is 2.43. The second-order valence-electron chi connectivity index (χ2n) is 8.82. The largest absolute Gasteiger partial charge is 0.495 e. The van der Waals surface area contributed by atoms with Crippen LogP contribution in [0.1, 0.15) is 29.9 Å². The van der Waals surface area contributed by atoms with Gasteiger partial charge in [0.25, 0.3) is 0 Å². The van der Waals surface area contributed by atoms with Gasteiger partial charge in [0.05, 0.1) is 31.5 Å². The number of urea groups is 1. The van der Waals surface area contributed by atoms with E-state index in [2.05, 4.69) is 17.2 Å². The van der Waals surface area contributed by atoms with Crippen molar-refractivity contribution in [3.8, 4) is 17.6 Å². The second-order valence-corrected chi connectivity index (χ2v) is 8.82. The standard InChI is InChI=1S/C26H27N3O4/c1-33-23-5-3-2-4-20(23)27-26(32)28-14-21-25(22(16-30)29(21)24(31)15-28)19-12-10-18(11-13-19)9-8-17-6-7-17/h2-5,10-13,17,21-22,25,30H,6-7,14-16H2,1H3,(H,27,32)/t21-,22+,25-/m0/s1. The Hall–Kier alpha value is -3.50. The molecule has 2 heterocycles. The number of aliphatic hydroxyl groups excluding tert-OH is 1. The quantitative estimate of drug-likeness (QED) is 0.709. The second kappa shape index (κ2) is 8.80. The minimum Gasteiger partial charge on any atom is -0.495 e. The number of rotatable bonds is 4. The fraction of sp³-hybridized carbons (Fsp3) is 0.385. The lowest BCUT2D eigenvalue weighted by Gasteiger charge is -2.58. The number of fused-ring (bicyclic) bond motifs is 1. The topological polar surface area (TPSA) is 82.1 Å². The number of hydrogen-bond acceptors (Lipinski definition) is 4. The molecule has 3 aliphatic rings. The van der Waals surface area contributed by atoms with Crippen molar-refractivity contribution in [3.05, 3.63) is 59.7 Å². The molecule has 33 heavy (non-hydrogen) atoms. The van der Waals surface area contributed by atoms with E-state index in [1.807, 2.05) is 36.4 Å². The number of aliphatic hydroxyl groups is 1. The number of carbonyl (C=O) groups is 2. The van der Waals surface area contributed by atoms with Gasteiger partial charge in [-0.25, -0.2) is 4.79 Å². The fourth-order valence-corrected chi connectivity index (χ4v) is 4.80. The molecule has 0 unspecified atom stereocenters. The maximum atomic E-state index is 13.0. The predicted octanol–water partition coefficient (Wildman–Crippen LogP) is 2.66. The minimum atomic E-state index is -0.343. The highest BCUT2D eigenvalue weighted by Gasteiger charge is 2.54. The summed E-state index contributed by atoms with van der Waals surface area (Å²) in [5.74, 6) is 7.40. The van der Waals surface area contributed by atoms with Gasteiger partial charge in [0.2, 0.25) is 5.91 Å². The minimum absolute atomic E-state index is 0.0175. The molecular formula is C26H27N3O4. The Balaban J connectivity index is 1.31. The third kappa shape index (κ3) is 4.14. The number of carbonyl (C=O) groups excluding carboxylic acids is 2. The Kier molecular flexibility index (Phi) is 5.69. The SMILES string of the molecule is COc1ccccc1NC(=O)N1CC(=O)N2[C@H](CO)[C@@H](c3ccc(C#CC4CC4)cc3)[C@@H]2C1. The molecular weight excluding hydrogens is 418 g/mol. The summed E-state index contributed by atoms with van der Waals surface area (Å²) in [5.41, 5.74) is 2.58. The first-order valence-corrected chi connectivity index (χ1v) is 11.3. The van der Waals surface area contributed by atoms with Gasteiger partial charge in [-0.3, -0.25) is 4.79 Å². The molecule has 2 aromatic rings. The van der Waals surface area contributed by atoms with Crippen molar-refractivity contribution in [3.63, 3.8) is 0 Å². The number of nitrogens with one attached hydrogen (secondary N) is 1. The summed E-state index contributed by atoms with van der Waals surface area (Å²) in [6.07, 6.45) is 2.38. The highest BCUT2D eigenvalue weighted by molar-refractivity contribution is 5.94. The normalized spacial score (nSPS) is 23.7. The van der Waals surface area contributed by atoms with Crippen LogP contribution in [0, 0.1) is 17.8 Å². The van der Waals surface area contributed by atoms with E-state index < -0.39 is 0 Å². The van der Waals surface area contributed by atoms with E-state index in [-0.39, 0.29) is 43.1 Å². The molecule has 0 bridgehead atoms. The molecule has 3 amide bonds. The number of methoxy groups -OCH3 is 1. The van der Waals surface area contributed by atoms with E-state index in [4.69, 9.17) is 4.74 Å². The maximum Gasteiger partial charge on any atom is 0.322 e. The molecule has 0 spiro atoms.